The van der Waals surface area contributed by atoms with Crippen LogP contribution < -0.4 is 5.32 Å². The van der Waals surface area contributed by atoms with Crippen molar-refractivity contribution in [3.63, 3.8) is 0 Å². The highest BCUT2D eigenvalue weighted by Crippen LogP contribution is 2.19. The minimum Gasteiger partial charge on any atom is -0.363 e. The first-order valence-corrected chi connectivity index (χ1v) is 6.21. The molecule has 0 spiro atoms. The highest BCUT2D eigenvalue weighted by atomic mass is 35.5. The molecule has 19 heavy (non-hydrogen) atoms. The number of nitrogens with one attached hydrogen (secondary N) is 1. The Labute approximate surface area is 117 Å². The summed E-state index contributed by atoms with van der Waals surface area (Å²) in [6, 6.07) is 9.45. The van der Waals surface area contributed by atoms with Gasteiger partial charge in [0.1, 0.15) is 0 Å². The maximum Gasteiger partial charge on any atom is 0.171 e. The van der Waals surface area contributed by atoms with E-state index in [1.54, 1.807) is 12.1 Å². The van der Waals surface area contributed by atoms with Crippen molar-refractivity contribution in [2.24, 2.45) is 0 Å². The molecule has 96 valence electrons. The van der Waals surface area contributed by atoms with Crippen LogP contribution in [0.5, 0.6) is 0 Å². The van der Waals surface area contributed by atoms with Crippen molar-refractivity contribution in [1.29, 1.82) is 5.26 Å². The molecule has 1 aromatic heterocycles. The van der Waals surface area contributed by atoms with Gasteiger partial charge in [-0.05, 0) is 31.5 Å². The van der Waals surface area contributed by atoms with E-state index in [1.165, 1.54) is 0 Å². The van der Waals surface area contributed by atoms with E-state index in [2.05, 4.69) is 21.4 Å². The van der Waals surface area contributed by atoms with Crippen LogP contribution in [-0.2, 0) is 6.54 Å². The molecule has 2 rings (SSSR count). The zero-order valence-electron chi connectivity index (χ0n) is 10.7. The van der Waals surface area contributed by atoms with Crippen LogP contribution in [0, 0.1) is 25.2 Å². The van der Waals surface area contributed by atoms with Gasteiger partial charge in [-0.3, -0.25) is 0 Å². The second-order valence-electron chi connectivity index (χ2n) is 4.20. The van der Waals surface area contributed by atoms with E-state index in [-0.39, 0.29) is 0 Å². The van der Waals surface area contributed by atoms with Crippen molar-refractivity contribution in [3.05, 3.63) is 51.9 Å². The van der Waals surface area contributed by atoms with Crippen LogP contribution in [0.1, 0.15) is 22.5 Å². The number of hydrogen-bond acceptors (Lipinski definition) is 4. The lowest BCUT2D eigenvalue weighted by Gasteiger charge is -2.09. The minimum atomic E-state index is 0.372. The first kappa shape index (κ1) is 13.3. The Hall–Kier alpha value is -2.12. The first-order chi connectivity index (χ1) is 9.10. The topological polar surface area (TPSA) is 61.6 Å². The van der Waals surface area contributed by atoms with Crippen molar-refractivity contribution in [1.82, 2.24) is 9.97 Å². The van der Waals surface area contributed by atoms with Crippen molar-refractivity contribution in [3.8, 4) is 6.07 Å². The molecular formula is C14H13ClN4. The Morgan fingerprint density at radius 3 is 2.42 bits per heavy atom. The Bertz CT molecular complexity index is 629. The van der Waals surface area contributed by atoms with Gasteiger partial charge in [0.2, 0.25) is 0 Å². The van der Waals surface area contributed by atoms with E-state index in [4.69, 9.17) is 16.9 Å². The van der Waals surface area contributed by atoms with Gasteiger partial charge < -0.3 is 5.32 Å². The Kier molecular flexibility index (Phi) is 3.98. The molecule has 0 aliphatic rings. The number of nitrogens with zero attached hydrogens (tertiary/aromatic N) is 3. The molecule has 1 N–H and O–H groups in total. The average Bonchev–Trinajstić information content (AvgIpc) is 2.42. The van der Waals surface area contributed by atoms with E-state index in [0.29, 0.717) is 23.1 Å². The smallest absolute Gasteiger partial charge is 0.171 e. The molecule has 0 radical (unpaired) electrons. The first-order valence-electron chi connectivity index (χ1n) is 5.84. The summed E-state index contributed by atoms with van der Waals surface area (Å²) in [6.07, 6.45) is 0. The zero-order chi connectivity index (χ0) is 13.8. The lowest BCUT2D eigenvalue weighted by atomic mass is 10.1. The summed E-state index contributed by atoms with van der Waals surface area (Å²) < 4.78 is 0. The molecule has 2 aromatic rings. The number of anilines is 1. The number of rotatable bonds is 3. The van der Waals surface area contributed by atoms with Crippen molar-refractivity contribution in [2.75, 3.05) is 5.32 Å². The Morgan fingerprint density at radius 2 is 1.79 bits per heavy atom. The molecule has 0 aliphatic carbocycles. The maximum atomic E-state index is 8.73. The van der Waals surface area contributed by atoms with E-state index in [9.17, 15) is 0 Å². The Balaban J connectivity index is 2.10. The standard InChI is InChI=1S/C14H13ClN4/c1-9-10(2)19-14(13(15)18-9)17-8-12-5-3-11(7-16)4-6-12/h3-6H,8H2,1-2H3,(H,17,19). The highest BCUT2D eigenvalue weighted by Gasteiger charge is 2.06. The fourth-order valence-electron chi connectivity index (χ4n) is 1.57. The van der Waals surface area contributed by atoms with Gasteiger partial charge in [0.25, 0.3) is 0 Å². The number of hydrogen-bond donors (Lipinski definition) is 1. The van der Waals surface area contributed by atoms with Crippen molar-refractivity contribution < 1.29 is 0 Å². The summed E-state index contributed by atoms with van der Waals surface area (Å²) >= 11 is 6.04. The van der Waals surface area contributed by atoms with Crippen LogP contribution in [-0.4, -0.2) is 9.97 Å². The lowest BCUT2D eigenvalue weighted by Crippen LogP contribution is -2.05. The van der Waals surface area contributed by atoms with Crippen LogP contribution in [0.15, 0.2) is 24.3 Å². The molecule has 0 aliphatic heterocycles. The third-order valence-electron chi connectivity index (χ3n) is 2.81. The molecule has 5 heteroatoms. The predicted octanol–water partition coefficient (Wildman–Crippen LogP) is 3.23. The van der Waals surface area contributed by atoms with Crippen LogP contribution >= 0.6 is 11.6 Å². The fraction of sp³-hybridized carbons (Fsp3) is 0.214. The van der Waals surface area contributed by atoms with Gasteiger partial charge in [-0.1, -0.05) is 23.7 Å². The molecule has 0 amide bonds. The van der Waals surface area contributed by atoms with Gasteiger partial charge in [0.05, 0.1) is 23.0 Å². The van der Waals surface area contributed by atoms with Crippen LogP contribution in [0.4, 0.5) is 5.82 Å². The number of aryl methyl sites for hydroxylation is 2. The van der Waals surface area contributed by atoms with E-state index < -0.39 is 0 Å². The van der Waals surface area contributed by atoms with Gasteiger partial charge in [-0.15, -0.1) is 0 Å². The Morgan fingerprint density at radius 1 is 1.16 bits per heavy atom. The largest absolute Gasteiger partial charge is 0.363 e. The number of nitriles is 1. The fourth-order valence-corrected chi connectivity index (χ4v) is 1.81. The molecule has 1 aromatic carbocycles. The van der Waals surface area contributed by atoms with Crippen molar-refractivity contribution >= 4 is 17.4 Å². The van der Waals surface area contributed by atoms with E-state index in [1.807, 2.05) is 26.0 Å². The summed E-state index contributed by atoms with van der Waals surface area (Å²) in [7, 11) is 0. The second-order valence-corrected chi connectivity index (χ2v) is 4.55. The SMILES string of the molecule is Cc1nc(Cl)c(NCc2ccc(C#N)cc2)nc1C. The normalized spacial score (nSPS) is 10.0. The summed E-state index contributed by atoms with van der Waals surface area (Å²) in [6.45, 7) is 4.35. The van der Waals surface area contributed by atoms with Gasteiger partial charge >= 0.3 is 0 Å². The minimum absolute atomic E-state index is 0.372. The molecule has 0 atom stereocenters. The average molecular weight is 273 g/mol. The molecule has 0 unspecified atom stereocenters. The summed E-state index contributed by atoms with van der Waals surface area (Å²) in [5.41, 5.74) is 3.38. The van der Waals surface area contributed by atoms with Gasteiger partial charge in [0.15, 0.2) is 11.0 Å². The summed E-state index contributed by atoms with van der Waals surface area (Å²) in [4.78, 5) is 8.57. The number of aromatic nitrogens is 2. The monoisotopic (exact) mass is 272 g/mol. The van der Waals surface area contributed by atoms with Gasteiger partial charge in [-0.2, -0.15) is 5.26 Å². The molecule has 4 nitrogen and oxygen atoms in total. The van der Waals surface area contributed by atoms with E-state index >= 15 is 0 Å². The van der Waals surface area contributed by atoms with E-state index in [0.717, 1.165) is 17.0 Å². The van der Waals surface area contributed by atoms with Crippen LogP contribution in [0.25, 0.3) is 0 Å². The molecule has 0 fully saturated rings. The molecule has 0 bridgehead atoms. The number of halogens is 1. The molecular weight excluding hydrogens is 260 g/mol. The quantitative estimate of drug-likeness (QED) is 0.932. The predicted molar refractivity (Wildman–Crippen MR) is 75.0 cm³/mol. The zero-order valence-corrected chi connectivity index (χ0v) is 11.5. The molecule has 1 heterocycles. The van der Waals surface area contributed by atoms with Gasteiger partial charge in [-0.25, -0.2) is 9.97 Å². The second kappa shape index (κ2) is 5.68. The lowest BCUT2D eigenvalue weighted by molar-refractivity contribution is 1.02. The molecule has 0 saturated carbocycles. The van der Waals surface area contributed by atoms with Crippen LogP contribution in [0.3, 0.4) is 0 Å². The summed E-state index contributed by atoms with van der Waals surface area (Å²) in [5.74, 6) is 0.578. The van der Waals surface area contributed by atoms with Crippen LogP contribution in [0.2, 0.25) is 5.15 Å². The molecule has 0 saturated heterocycles. The van der Waals surface area contributed by atoms with Gasteiger partial charge in [0, 0.05) is 6.54 Å². The number of benzene rings is 1. The maximum absolute atomic E-state index is 8.73. The highest BCUT2D eigenvalue weighted by molar-refractivity contribution is 6.31. The third kappa shape index (κ3) is 3.21. The van der Waals surface area contributed by atoms with Crippen molar-refractivity contribution in [2.45, 2.75) is 20.4 Å². The third-order valence-corrected chi connectivity index (χ3v) is 3.07. The summed E-state index contributed by atoms with van der Waals surface area (Å²) in [5, 5.41) is 12.2.